The number of cyclic esters (lactones) is 1. The molecule has 1 aliphatic heterocycles. The smallest absolute Gasteiger partial charge is 0.414 e. The summed E-state index contributed by atoms with van der Waals surface area (Å²) in [6, 6.07) is 14.3. The van der Waals surface area contributed by atoms with E-state index in [1.807, 2.05) is 30.3 Å². The topological polar surface area (TPSA) is 58.6 Å². The second kappa shape index (κ2) is 6.08. The van der Waals surface area contributed by atoms with Crippen LogP contribution in [-0.2, 0) is 16.0 Å². The maximum atomic E-state index is 12.2. The van der Waals surface area contributed by atoms with Crippen LogP contribution in [0.5, 0.6) is 0 Å². The molecule has 1 saturated heterocycles. The van der Waals surface area contributed by atoms with Gasteiger partial charge < -0.3 is 10.1 Å². The van der Waals surface area contributed by atoms with Crippen LogP contribution in [0, 0.1) is 0 Å². The molecule has 2 aliphatic rings. The fourth-order valence-corrected chi connectivity index (χ4v) is 3.72. The lowest BCUT2D eigenvalue weighted by Gasteiger charge is -2.17. The number of hydrogen-bond acceptors (Lipinski definition) is 3. The first-order chi connectivity index (χ1) is 12.0. The zero-order valence-electron chi connectivity index (χ0n) is 13.7. The van der Waals surface area contributed by atoms with E-state index in [2.05, 4.69) is 17.4 Å². The van der Waals surface area contributed by atoms with Gasteiger partial charge in [0.25, 0.3) is 0 Å². The van der Waals surface area contributed by atoms with Crippen LogP contribution < -0.4 is 10.2 Å². The van der Waals surface area contributed by atoms with Gasteiger partial charge in [0, 0.05) is 12.6 Å². The first-order valence-corrected chi connectivity index (χ1v) is 8.57. The van der Waals surface area contributed by atoms with Crippen molar-refractivity contribution < 1.29 is 14.3 Å². The quantitative estimate of drug-likeness (QED) is 0.578. The summed E-state index contributed by atoms with van der Waals surface area (Å²) in [5, 5.41) is 2.55. The third kappa shape index (κ3) is 2.85. The molecule has 1 heterocycles. The Bertz CT molecular complexity index is 867. The summed E-state index contributed by atoms with van der Waals surface area (Å²) in [6.07, 6.45) is -0.171. The highest BCUT2D eigenvalue weighted by molar-refractivity contribution is 6.22. The summed E-state index contributed by atoms with van der Waals surface area (Å²) in [6.45, 7) is 1.68. The van der Waals surface area contributed by atoms with Gasteiger partial charge >= 0.3 is 6.09 Å². The number of benzene rings is 2. The molecule has 1 fully saturated rings. The van der Waals surface area contributed by atoms with Crippen molar-refractivity contribution in [3.63, 3.8) is 0 Å². The zero-order chi connectivity index (χ0) is 17.6. The fraction of sp³-hybridized carbons (Fsp3) is 0.263. The number of carbonyl (C=O) groups is 2. The number of alkyl halides is 1. The van der Waals surface area contributed by atoms with Gasteiger partial charge in [0.05, 0.1) is 6.54 Å². The van der Waals surface area contributed by atoms with Gasteiger partial charge in [0.2, 0.25) is 5.91 Å². The van der Waals surface area contributed by atoms with Crippen molar-refractivity contribution in [3.8, 4) is 11.1 Å². The summed E-state index contributed by atoms with van der Waals surface area (Å²) in [7, 11) is 0. The lowest BCUT2D eigenvalue weighted by molar-refractivity contribution is -0.119. The van der Waals surface area contributed by atoms with Crippen LogP contribution in [0.2, 0.25) is 0 Å². The number of nitrogens with zero attached hydrogens (tertiary/aromatic N) is 1. The van der Waals surface area contributed by atoms with Crippen LogP contribution in [0.3, 0.4) is 0 Å². The molecule has 5 nitrogen and oxygen atoms in total. The molecule has 0 aromatic heterocycles. The number of hydrogen-bond donors (Lipinski definition) is 1. The molecule has 0 bridgehead atoms. The summed E-state index contributed by atoms with van der Waals surface area (Å²) in [4.78, 5) is 24.9. The number of amides is 2. The van der Waals surface area contributed by atoms with Gasteiger partial charge in [-0.25, -0.2) is 4.79 Å². The zero-order valence-corrected chi connectivity index (χ0v) is 14.4. The Morgan fingerprint density at radius 1 is 1.24 bits per heavy atom. The van der Waals surface area contributed by atoms with E-state index in [-0.39, 0.29) is 5.91 Å². The number of ether oxygens (including phenoxy) is 1. The predicted molar refractivity (Wildman–Crippen MR) is 95.8 cm³/mol. The van der Waals surface area contributed by atoms with E-state index in [4.69, 9.17) is 16.3 Å². The molecule has 1 N–H and O–H groups in total. The monoisotopic (exact) mass is 356 g/mol. The van der Waals surface area contributed by atoms with E-state index in [1.165, 1.54) is 29.2 Å². The van der Waals surface area contributed by atoms with E-state index in [0.29, 0.717) is 6.54 Å². The van der Waals surface area contributed by atoms with Crippen molar-refractivity contribution in [1.82, 2.24) is 5.32 Å². The predicted octanol–water partition coefficient (Wildman–Crippen LogP) is 3.28. The Labute approximate surface area is 150 Å². The first kappa shape index (κ1) is 16.0. The van der Waals surface area contributed by atoms with E-state index in [9.17, 15) is 9.59 Å². The highest BCUT2D eigenvalue weighted by Crippen LogP contribution is 2.38. The minimum atomic E-state index is -0.745. The van der Waals surface area contributed by atoms with Crippen molar-refractivity contribution >= 4 is 29.3 Å². The number of carbonyl (C=O) groups excluding carboxylic acids is 2. The van der Waals surface area contributed by atoms with Crippen molar-refractivity contribution in [3.05, 3.63) is 53.6 Å². The number of fused-ring (bicyclic) bond motifs is 3. The number of halogens is 1. The molecule has 2 amide bonds. The molecular weight excluding hydrogens is 340 g/mol. The molecule has 0 radical (unpaired) electrons. The third-order valence-electron chi connectivity index (χ3n) is 4.59. The first-order valence-electron chi connectivity index (χ1n) is 8.13. The van der Waals surface area contributed by atoms with Crippen LogP contribution in [0.25, 0.3) is 11.1 Å². The van der Waals surface area contributed by atoms with Gasteiger partial charge in [0.15, 0.2) is 6.10 Å². The maximum Gasteiger partial charge on any atom is 0.414 e. The third-order valence-corrected chi connectivity index (χ3v) is 4.98. The average Bonchev–Trinajstić information content (AvgIpc) is 3.14. The number of anilines is 1. The second-order valence-electron chi connectivity index (χ2n) is 6.31. The molecule has 2 atom stereocenters. The maximum absolute atomic E-state index is 12.2. The largest absolute Gasteiger partial charge is 0.440 e. The summed E-state index contributed by atoms with van der Waals surface area (Å²) >= 11 is 6.12. The van der Waals surface area contributed by atoms with E-state index < -0.39 is 17.7 Å². The Morgan fingerprint density at radius 2 is 2.00 bits per heavy atom. The van der Waals surface area contributed by atoms with Gasteiger partial charge in [-0.1, -0.05) is 41.9 Å². The molecule has 128 valence electrons. The van der Waals surface area contributed by atoms with Gasteiger partial charge in [-0.15, -0.1) is 0 Å². The molecule has 0 saturated carbocycles. The van der Waals surface area contributed by atoms with Crippen LogP contribution in [0.15, 0.2) is 42.5 Å². The Balaban J connectivity index is 1.56. The number of rotatable bonds is 3. The molecule has 25 heavy (non-hydrogen) atoms. The van der Waals surface area contributed by atoms with Crippen molar-refractivity contribution in [2.24, 2.45) is 0 Å². The van der Waals surface area contributed by atoms with Crippen LogP contribution in [-0.4, -0.2) is 30.2 Å². The van der Waals surface area contributed by atoms with Crippen molar-refractivity contribution in [1.29, 1.82) is 0 Å². The van der Waals surface area contributed by atoms with Gasteiger partial charge in [-0.3, -0.25) is 9.69 Å². The van der Waals surface area contributed by atoms with E-state index >= 15 is 0 Å². The van der Waals surface area contributed by atoms with E-state index in [0.717, 1.165) is 12.1 Å². The minimum absolute atomic E-state index is 0.259. The average molecular weight is 357 g/mol. The van der Waals surface area contributed by atoms with Crippen LogP contribution >= 0.6 is 11.6 Å². The lowest BCUT2D eigenvalue weighted by Crippen LogP contribution is -2.40. The van der Waals surface area contributed by atoms with Crippen molar-refractivity contribution in [2.75, 3.05) is 11.4 Å². The molecule has 1 unspecified atom stereocenters. The molecular formula is C19H17ClN2O3. The summed E-state index contributed by atoms with van der Waals surface area (Å²) in [5.74, 6) is -0.259. The Hall–Kier alpha value is -2.53. The standard InChI is InChI=1S/C19H17ClN2O3/c1-11(23)21-18(20)17-10-22(19(24)25-17)14-6-7-16-13(9-14)8-12-4-2-3-5-15(12)16/h2-7,9,17-18H,8,10H2,1H3,(H,21,23)/t17-,18?/m0/s1. The fourth-order valence-electron chi connectivity index (χ4n) is 3.43. The van der Waals surface area contributed by atoms with Gasteiger partial charge in [-0.05, 0) is 40.8 Å². The molecule has 2 aromatic carbocycles. The number of nitrogens with one attached hydrogen (secondary N) is 1. The summed E-state index contributed by atoms with van der Waals surface area (Å²) in [5.41, 5.74) is 4.98. The normalized spacial score (nSPS) is 19.2. The Morgan fingerprint density at radius 3 is 2.80 bits per heavy atom. The van der Waals surface area contributed by atoms with Gasteiger partial charge in [-0.2, -0.15) is 0 Å². The highest BCUT2D eigenvalue weighted by atomic mass is 35.5. The molecule has 4 rings (SSSR count). The van der Waals surface area contributed by atoms with Crippen LogP contribution in [0.1, 0.15) is 18.1 Å². The second-order valence-corrected chi connectivity index (χ2v) is 6.78. The van der Waals surface area contributed by atoms with Gasteiger partial charge in [0.1, 0.15) is 5.50 Å². The molecule has 2 aromatic rings. The Kier molecular flexibility index (Phi) is 3.88. The van der Waals surface area contributed by atoms with E-state index in [1.54, 1.807) is 4.90 Å². The minimum Gasteiger partial charge on any atom is -0.440 e. The highest BCUT2D eigenvalue weighted by Gasteiger charge is 2.37. The molecule has 6 heteroatoms. The van der Waals surface area contributed by atoms with Crippen molar-refractivity contribution in [2.45, 2.75) is 24.9 Å². The SMILES string of the molecule is CC(=O)NC(Cl)[C@@H]1CN(c2ccc3c(c2)Cc2ccccc2-3)C(=O)O1. The molecule has 0 spiro atoms. The molecule has 1 aliphatic carbocycles. The van der Waals surface area contributed by atoms with Crippen LogP contribution in [0.4, 0.5) is 10.5 Å². The lowest BCUT2D eigenvalue weighted by atomic mass is 10.1. The summed E-state index contributed by atoms with van der Waals surface area (Å²) < 4.78 is 5.31.